The quantitative estimate of drug-likeness (QED) is 0.668. The van der Waals surface area contributed by atoms with Gasteiger partial charge in [-0.15, -0.1) is 16.6 Å². The Morgan fingerprint density at radius 2 is 2.00 bits per heavy atom. The lowest BCUT2D eigenvalue weighted by Crippen LogP contribution is -2.09. The van der Waals surface area contributed by atoms with Gasteiger partial charge in [0.2, 0.25) is 10.0 Å². The first-order valence-corrected chi connectivity index (χ1v) is 8.82. The summed E-state index contributed by atoms with van der Waals surface area (Å²) >= 11 is 1.44. The van der Waals surface area contributed by atoms with Gasteiger partial charge in [-0.3, -0.25) is 4.72 Å². The molecule has 0 saturated carbocycles. The highest BCUT2D eigenvalue weighted by atomic mass is 32.2. The van der Waals surface area contributed by atoms with E-state index in [1.807, 2.05) is 11.6 Å². The van der Waals surface area contributed by atoms with Crippen LogP contribution in [0.5, 0.6) is 0 Å². The van der Waals surface area contributed by atoms with Crippen LogP contribution in [-0.4, -0.2) is 35.2 Å². The lowest BCUT2D eigenvalue weighted by molar-refractivity contribution is 0.607. The van der Waals surface area contributed by atoms with E-state index >= 15 is 0 Å². The number of anilines is 1. The average Bonchev–Trinajstić information content (AvgIpc) is 2.77. The third-order valence-corrected chi connectivity index (χ3v) is 4.10. The molecular formula is C13H14N4O2S2. The van der Waals surface area contributed by atoms with Crippen LogP contribution in [0.4, 0.5) is 5.69 Å². The Bertz CT molecular complexity index is 773. The summed E-state index contributed by atoms with van der Waals surface area (Å²) in [5.74, 6) is 3.76. The van der Waals surface area contributed by atoms with E-state index in [1.165, 1.54) is 11.8 Å². The van der Waals surface area contributed by atoms with E-state index in [9.17, 15) is 8.42 Å². The van der Waals surface area contributed by atoms with Crippen LogP contribution >= 0.6 is 11.8 Å². The van der Waals surface area contributed by atoms with Gasteiger partial charge in [-0.25, -0.2) is 8.42 Å². The van der Waals surface area contributed by atoms with E-state index < -0.39 is 10.0 Å². The highest BCUT2D eigenvalue weighted by Crippen LogP contribution is 2.23. The molecule has 0 aliphatic carbocycles. The lowest BCUT2D eigenvalue weighted by atomic mass is 10.2. The first kappa shape index (κ1) is 15.4. The molecule has 0 unspecified atom stereocenters. The minimum Gasteiger partial charge on any atom is -0.305 e. The molecule has 0 bridgehead atoms. The van der Waals surface area contributed by atoms with Gasteiger partial charge in [-0.2, -0.15) is 0 Å². The maximum Gasteiger partial charge on any atom is 0.229 e. The van der Waals surface area contributed by atoms with Gasteiger partial charge in [0.15, 0.2) is 11.0 Å². The number of hydrogen-bond acceptors (Lipinski definition) is 5. The van der Waals surface area contributed by atoms with Crippen LogP contribution in [-0.2, 0) is 17.1 Å². The second-order valence-corrected chi connectivity index (χ2v) is 7.00. The molecule has 0 fully saturated rings. The molecule has 0 spiro atoms. The van der Waals surface area contributed by atoms with Gasteiger partial charge in [0.05, 0.1) is 12.0 Å². The van der Waals surface area contributed by atoms with Gasteiger partial charge in [-0.1, -0.05) is 17.7 Å². The number of benzene rings is 1. The molecule has 0 aliphatic heterocycles. The number of thioether (sulfide) groups is 1. The lowest BCUT2D eigenvalue weighted by Gasteiger charge is -2.06. The summed E-state index contributed by atoms with van der Waals surface area (Å²) in [5, 5.41) is 8.95. The maximum atomic E-state index is 11.2. The summed E-state index contributed by atoms with van der Waals surface area (Å²) in [5.41, 5.74) is 1.35. The highest BCUT2D eigenvalue weighted by Gasteiger charge is 2.11. The van der Waals surface area contributed by atoms with Crippen LogP contribution < -0.4 is 4.72 Å². The molecule has 0 radical (unpaired) electrons. The Balaban J connectivity index is 2.23. The third-order valence-electron chi connectivity index (χ3n) is 2.57. The molecule has 0 atom stereocenters. The number of nitrogens with one attached hydrogen (secondary N) is 1. The Morgan fingerprint density at radius 3 is 2.57 bits per heavy atom. The number of terminal acetylenes is 1. The molecule has 1 heterocycles. The monoisotopic (exact) mass is 322 g/mol. The molecule has 1 aromatic heterocycles. The van der Waals surface area contributed by atoms with E-state index in [2.05, 4.69) is 20.8 Å². The maximum absolute atomic E-state index is 11.2. The fourth-order valence-electron chi connectivity index (χ4n) is 1.70. The molecule has 0 amide bonds. The second-order valence-electron chi connectivity index (χ2n) is 4.31. The molecule has 1 aromatic carbocycles. The fourth-order valence-corrected chi connectivity index (χ4v) is 2.85. The molecule has 8 heteroatoms. The average molecular weight is 322 g/mol. The number of rotatable bonds is 5. The summed E-state index contributed by atoms with van der Waals surface area (Å²) < 4.78 is 26.6. The van der Waals surface area contributed by atoms with Crippen LogP contribution in [0, 0.1) is 12.3 Å². The van der Waals surface area contributed by atoms with Crippen molar-refractivity contribution < 1.29 is 8.42 Å². The van der Waals surface area contributed by atoms with Crippen molar-refractivity contribution in [2.75, 3.05) is 16.7 Å². The molecular weight excluding hydrogens is 308 g/mol. The van der Waals surface area contributed by atoms with Gasteiger partial charge >= 0.3 is 0 Å². The zero-order valence-corrected chi connectivity index (χ0v) is 13.2. The first-order chi connectivity index (χ1) is 9.90. The molecule has 21 heavy (non-hydrogen) atoms. The number of hydrogen-bond donors (Lipinski definition) is 1. The van der Waals surface area contributed by atoms with E-state index in [-0.39, 0.29) is 0 Å². The predicted octanol–water partition coefficient (Wildman–Crippen LogP) is 1.58. The Kier molecular flexibility index (Phi) is 4.55. The third kappa shape index (κ3) is 4.00. The predicted molar refractivity (Wildman–Crippen MR) is 84.5 cm³/mol. The summed E-state index contributed by atoms with van der Waals surface area (Å²) in [4.78, 5) is 0. The number of nitrogens with zero attached hydrogens (tertiary/aromatic N) is 3. The molecule has 0 aliphatic rings. The molecule has 6 nitrogen and oxygen atoms in total. The standard InChI is InChI=1S/C13H14N4O2S2/c1-4-9-20-13-15-14-12(17(13)2)10-5-7-11(8-6-10)16-21(3,18)19/h1,5-8,16H,9H2,2-3H3. The summed E-state index contributed by atoms with van der Waals surface area (Å²) in [6.07, 6.45) is 6.34. The van der Waals surface area contributed by atoms with Crippen molar-refractivity contribution in [1.29, 1.82) is 0 Å². The Hall–Kier alpha value is -1.98. The van der Waals surface area contributed by atoms with Crippen molar-refractivity contribution in [2.45, 2.75) is 5.16 Å². The van der Waals surface area contributed by atoms with Crippen molar-refractivity contribution in [3.05, 3.63) is 24.3 Å². The minimum absolute atomic E-state index is 0.505. The summed E-state index contributed by atoms with van der Waals surface area (Å²) in [7, 11) is -1.42. The number of sulfonamides is 1. The van der Waals surface area contributed by atoms with Crippen molar-refractivity contribution in [3.63, 3.8) is 0 Å². The van der Waals surface area contributed by atoms with Gasteiger partial charge in [0.1, 0.15) is 0 Å². The van der Waals surface area contributed by atoms with E-state index in [0.717, 1.165) is 17.0 Å². The zero-order chi connectivity index (χ0) is 15.5. The smallest absolute Gasteiger partial charge is 0.229 e. The van der Waals surface area contributed by atoms with Gasteiger partial charge < -0.3 is 4.57 Å². The SMILES string of the molecule is C#CCSc1nnc(-c2ccc(NS(C)(=O)=O)cc2)n1C. The normalized spacial score (nSPS) is 11.1. The molecule has 2 aromatic rings. The van der Waals surface area contributed by atoms with Crippen LogP contribution in [0.3, 0.4) is 0 Å². The first-order valence-electron chi connectivity index (χ1n) is 5.94. The summed E-state index contributed by atoms with van der Waals surface area (Å²) in [6, 6.07) is 6.93. The van der Waals surface area contributed by atoms with Gasteiger partial charge in [0, 0.05) is 18.3 Å². The zero-order valence-electron chi connectivity index (χ0n) is 11.6. The minimum atomic E-state index is -3.27. The van der Waals surface area contributed by atoms with Crippen LogP contribution in [0.15, 0.2) is 29.4 Å². The second kappa shape index (κ2) is 6.20. The van der Waals surface area contributed by atoms with Crippen molar-refractivity contribution in [3.8, 4) is 23.7 Å². The van der Waals surface area contributed by atoms with E-state index in [4.69, 9.17) is 6.42 Å². The van der Waals surface area contributed by atoms with E-state index in [0.29, 0.717) is 17.3 Å². The Morgan fingerprint density at radius 1 is 1.33 bits per heavy atom. The van der Waals surface area contributed by atoms with Crippen molar-refractivity contribution in [1.82, 2.24) is 14.8 Å². The number of aromatic nitrogens is 3. The Labute approximate surface area is 128 Å². The summed E-state index contributed by atoms with van der Waals surface area (Å²) in [6.45, 7) is 0. The molecule has 0 saturated heterocycles. The topological polar surface area (TPSA) is 76.9 Å². The van der Waals surface area contributed by atoms with Gasteiger partial charge in [-0.05, 0) is 24.3 Å². The molecule has 1 N–H and O–H groups in total. The van der Waals surface area contributed by atoms with E-state index in [1.54, 1.807) is 24.3 Å². The van der Waals surface area contributed by atoms with Gasteiger partial charge in [0.25, 0.3) is 0 Å². The fraction of sp³-hybridized carbons (Fsp3) is 0.231. The van der Waals surface area contributed by atoms with Crippen LogP contribution in [0.2, 0.25) is 0 Å². The van der Waals surface area contributed by atoms with Crippen LogP contribution in [0.25, 0.3) is 11.4 Å². The van der Waals surface area contributed by atoms with Crippen LogP contribution in [0.1, 0.15) is 0 Å². The van der Waals surface area contributed by atoms with Crippen molar-refractivity contribution >= 4 is 27.5 Å². The largest absolute Gasteiger partial charge is 0.305 e. The molecule has 2 rings (SSSR count). The van der Waals surface area contributed by atoms with Crippen molar-refractivity contribution in [2.24, 2.45) is 7.05 Å². The molecule has 110 valence electrons. The highest BCUT2D eigenvalue weighted by molar-refractivity contribution is 7.99.